The highest BCUT2D eigenvalue weighted by molar-refractivity contribution is 6.30. The zero-order valence-corrected chi connectivity index (χ0v) is 8.67. The lowest BCUT2D eigenvalue weighted by Crippen LogP contribution is -2.11. The predicted molar refractivity (Wildman–Crippen MR) is 56.8 cm³/mol. The molecule has 1 rings (SSSR count). The first kappa shape index (κ1) is 10.8. The van der Waals surface area contributed by atoms with Gasteiger partial charge in [0, 0.05) is 5.02 Å². The van der Waals surface area contributed by atoms with Crippen LogP contribution in [0, 0.1) is 0 Å². The van der Waals surface area contributed by atoms with E-state index in [9.17, 15) is 4.79 Å². The molecular formula is C11H11ClO2. The molecule has 0 aromatic heterocycles. The molecule has 0 aliphatic carbocycles. The van der Waals surface area contributed by atoms with E-state index < -0.39 is 0 Å². The minimum absolute atomic E-state index is 0.0248. The number of ketones is 1. The van der Waals surface area contributed by atoms with Gasteiger partial charge in [-0.2, -0.15) is 0 Å². The van der Waals surface area contributed by atoms with Crippen molar-refractivity contribution in [1.29, 1.82) is 0 Å². The van der Waals surface area contributed by atoms with Crippen molar-refractivity contribution in [2.45, 2.75) is 6.92 Å². The van der Waals surface area contributed by atoms with Crippen LogP contribution in [0.15, 0.2) is 36.4 Å². The van der Waals surface area contributed by atoms with Gasteiger partial charge in [-0.15, -0.1) is 0 Å². The summed E-state index contributed by atoms with van der Waals surface area (Å²) in [6, 6.07) is 6.85. The summed E-state index contributed by atoms with van der Waals surface area (Å²) in [5, 5.41) is 0.642. The Kier molecular flexibility index (Phi) is 3.72. The zero-order chi connectivity index (χ0) is 10.6. The summed E-state index contributed by atoms with van der Waals surface area (Å²) in [5.41, 5.74) is 0.499. The molecule has 0 N–H and O–H groups in total. The summed E-state index contributed by atoms with van der Waals surface area (Å²) in [6.07, 6.45) is 0. The first-order valence-corrected chi connectivity index (χ1v) is 4.54. The maximum atomic E-state index is 11.1. The molecule has 0 unspecified atom stereocenters. The highest BCUT2D eigenvalue weighted by atomic mass is 35.5. The average molecular weight is 211 g/mol. The number of carbonyl (C=O) groups excluding carboxylic acids is 1. The van der Waals surface area contributed by atoms with Crippen LogP contribution >= 0.6 is 11.6 Å². The number of carbonyl (C=O) groups is 1. The molecule has 0 aliphatic heterocycles. The van der Waals surface area contributed by atoms with Crippen LogP contribution in [-0.4, -0.2) is 12.4 Å². The van der Waals surface area contributed by atoms with Gasteiger partial charge in [0.05, 0.1) is 0 Å². The van der Waals surface area contributed by atoms with Crippen molar-refractivity contribution in [3.8, 4) is 5.75 Å². The standard InChI is InChI=1S/C11H11ClO2/c1-8(2)11(13)7-14-10-5-3-9(12)4-6-10/h3-6H,1,7H2,2H3. The van der Waals surface area contributed by atoms with Crippen molar-refractivity contribution in [2.24, 2.45) is 0 Å². The fourth-order valence-corrected chi connectivity index (χ4v) is 0.929. The second kappa shape index (κ2) is 4.82. The molecule has 0 saturated carbocycles. The molecule has 0 saturated heterocycles. The molecule has 1 aromatic carbocycles. The fraction of sp³-hybridized carbons (Fsp3) is 0.182. The summed E-state index contributed by atoms with van der Waals surface area (Å²) in [6.45, 7) is 5.22. The van der Waals surface area contributed by atoms with Crippen LogP contribution in [0.2, 0.25) is 5.02 Å². The van der Waals surface area contributed by atoms with Crippen LogP contribution in [-0.2, 0) is 4.79 Å². The highest BCUT2D eigenvalue weighted by Crippen LogP contribution is 2.15. The van der Waals surface area contributed by atoms with Crippen molar-refractivity contribution in [2.75, 3.05) is 6.61 Å². The normalized spacial score (nSPS) is 9.57. The first-order valence-electron chi connectivity index (χ1n) is 4.16. The monoisotopic (exact) mass is 210 g/mol. The van der Waals surface area contributed by atoms with E-state index in [1.807, 2.05) is 0 Å². The molecule has 0 aliphatic rings. The molecule has 1 aromatic rings. The molecule has 0 spiro atoms. The molecule has 0 radical (unpaired) electrons. The van der Waals surface area contributed by atoms with E-state index in [4.69, 9.17) is 16.3 Å². The Labute approximate surface area is 88.1 Å². The molecule has 14 heavy (non-hydrogen) atoms. The van der Waals surface area contributed by atoms with Gasteiger partial charge in [0.2, 0.25) is 0 Å². The number of benzene rings is 1. The Bertz CT molecular complexity index is 341. The van der Waals surface area contributed by atoms with Crippen molar-refractivity contribution in [3.05, 3.63) is 41.4 Å². The van der Waals surface area contributed by atoms with Gasteiger partial charge < -0.3 is 4.74 Å². The van der Waals surface area contributed by atoms with Gasteiger partial charge in [0.25, 0.3) is 0 Å². The summed E-state index contributed by atoms with van der Waals surface area (Å²) in [7, 11) is 0. The number of halogens is 1. The van der Waals surface area contributed by atoms with Crippen LogP contribution in [0.4, 0.5) is 0 Å². The van der Waals surface area contributed by atoms with Crippen molar-refractivity contribution < 1.29 is 9.53 Å². The van der Waals surface area contributed by atoms with Gasteiger partial charge in [-0.1, -0.05) is 18.2 Å². The molecule has 0 atom stereocenters. The van der Waals surface area contributed by atoms with E-state index >= 15 is 0 Å². The van der Waals surface area contributed by atoms with E-state index in [1.54, 1.807) is 31.2 Å². The number of rotatable bonds is 4. The number of Topliss-reactive ketones (excluding diaryl/α,β-unsaturated/α-hetero) is 1. The van der Waals surface area contributed by atoms with E-state index in [1.165, 1.54) is 0 Å². The largest absolute Gasteiger partial charge is 0.485 e. The number of ether oxygens (including phenoxy) is 1. The lowest BCUT2D eigenvalue weighted by atomic mass is 10.2. The summed E-state index contributed by atoms with van der Waals surface area (Å²) < 4.78 is 5.22. The van der Waals surface area contributed by atoms with Gasteiger partial charge in [0.15, 0.2) is 12.4 Å². The Morgan fingerprint density at radius 3 is 2.50 bits per heavy atom. The Morgan fingerprint density at radius 1 is 1.43 bits per heavy atom. The molecule has 74 valence electrons. The molecule has 3 heteroatoms. The van der Waals surface area contributed by atoms with Gasteiger partial charge in [0.1, 0.15) is 5.75 Å². The molecule has 2 nitrogen and oxygen atoms in total. The molecule has 0 amide bonds. The van der Waals surface area contributed by atoms with Crippen LogP contribution in [0.5, 0.6) is 5.75 Å². The van der Waals surface area contributed by atoms with Crippen LogP contribution < -0.4 is 4.74 Å². The van der Waals surface area contributed by atoms with E-state index in [0.29, 0.717) is 16.3 Å². The summed E-state index contributed by atoms with van der Waals surface area (Å²) in [5.74, 6) is 0.531. The minimum Gasteiger partial charge on any atom is -0.485 e. The Morgan fingerprint density at radius 2 is 2.00 bits per heavy atom. The van der Waals surface area contributed by atoms with Crippen molar-refractivity contribution in [1.82, 2.24) is 0 Å². The molecule has 0 bridgehead atoms. The first-order chi connectivity index (χ1) is 6.59. The maximum Gasteiger partial charge on any atom is 0.195 e. The Balaban J connectivity index is 2.50. The summed E-state index contributed by atoms with van der Waals surface area (Å²) >= 11 is 5.69. The van der Waals surface area contributed by atoms with E-state index in [2.05, 4.69) is 6.58 Å². The van der Waals surface area contributed by atoms with E-state index in [0.717, 1.165) is 0 Å². The zero-order valence-electron chi connectivity index (χ0n) is 7.92. The second-order valence-electron chi connectivity index (χ2n) is 2.95. The van der Waals surface area contributed by atoms with Crippen molar-refractivity contribution in [3.63, 3.8) is 0 Å². The second-order valence-corrected chi connectivity index (χ2v) is 3.38. The third kappa shape index (κ3) is 3.23. The van der Waals surface area contributed by atoms with Crippen LogP contribution in [0.3, 0.4) is 0 Å². The topological polar surface area (TPSA) is 26.3 Å². The molecule has 0 heterocycles. The predicted octanol–water partition coefficient (Wildman–Crippen LogP) is 2.86. The lowest BCUT2D eigenvalue weighted by molar-refractivity contribution is -0.117. The van der Waals surface area contributed by atoms with Crippen LogP contribution in [0.25, 0.3) is 0 Å². The summed E-state index contributed by atoms with van der Waals surface area (Å²) in [4.78, 5) is 11.1. The quantitative estimate of drug-likeness (QED) is 0.715. The smallest absolute Gasteiger partial charge is 0.195 e. The van der Waals surface area contributed by atoms with Gasteiger partial charge >= 0.3 is 0 Å². The maximum absolute atomic E-state index is 11.1. The van der Waals surface area contributed by atoms with E-state index in [-0.39, 0.29) is 12.4 Å². The third-order valence-electron chi connectivity index (χ3n) is 1.66. The molecular weight excluding hydrogens is 200 g/mol. The third-order valence-corrected chi connectivity index (χ3v) is 1.91. The van der Waals surface area contributed by atoms with Gasteiger partial charge in [-0.3, -0.25) is 4.79 Å². The average Bonchev–Trinajstić information content (AvgIpc) is 2.16. The minimum atomic E-state index is -0.0973. The lowest BCUT2D eigenvalue weighted by Gasteiger charge is -2.04. The van der Waals surface area contributed by atoms with Gasteiger partial charge in [-0.05, 0) is 36.8 Å². The Hall–Kier alpha value is -1.28. The number of hydrogen-bond donors (Lipinski definition) is 0. The van der Waals surface area contributed by atoms with Gasteiger partial charge in [-0.25, -0.2) is 0 Å². The molecule has 0 fully saturated rings. The number of hydrogen-bond acceptors (Lipinski definition) is 2. The highest BCUT2D eigenvalue weighted by Gasteiger charge is 2.02. The van der Waals surface area contributed by atoms with Crippen LogP contribution in [0.1, 0.15) is 6.92 Å². The SMILES string of the molecule is C=C(C)C(=O)COc1ccc(Cl)cc1. The fourth-order valence-electron chi connectivity index (χ4n) is 0.803. The van der Waals surface area contributed by atoms with Crippen molar-refractivity contribution >= 4 is 17.4 Å².